The third-order valence-electron chi connectivity index (χ3n) is 4.11. The number of fused-ring (bicyclic) bond motifs is 1. The molecule has 2 aromatic carbocycles. The number of nitrogens with one attached hydrogen (secondary N) is 2. The zero-order valence-electron chi connectivity index (χ0n) is 15.7. The number of ether oxygens (including phenoxy) is 1. The Morgan fingerprint density at radius 3 is 2.59 bits per heavy atom. The van der Waals surface area contributed by atoms with Crippen molar-refractivity contribution in [3.8, 4) is 5.75 Å². The Kier molecular flexibility index (Phi) is 5.26. The standard InChI is InChI=1S/C20H24N2O4S/c1-20(2,3)22-27(24,25)15-8-6-7-14(13-15)19(23)21-17-11-12-26-18-10-5-4-9-16(17)18/h4-10,13,17,22H,11-12H2,1-3H3,(H,21,23)/t17-/m1/s1. The highest BCUT2D eigenvalue weighted by Gasteiger charge is 2.25. The molecule has 1 atom stereocenters. The zero-order chi connectivity index (χ0) is 19.7. The maximum atomic E-state index is 12.7. The van der Waals surface area contributed by atoms with Gasteiger partial charge in [-0.05, 0) is 45.0 Å². The van der Waals surface area contributed by atoms with Crippen LogP contribution in [0.3, 0.4) is 0 Å². The van der Waals surface area contributed by atoms with Gasteiger partial charge in [0.05, 0.1) is 17.5 Å². The smallest absolute Gasteiger partial charge is 0.251 e. The fourth-order valence-electron chi connectivity index (χ4n) is 3.00. The summed E-state index contributed by atoms with van der Waals surface area (Å²) in [5, 5.41) is 2.98. The van der Waals surface area contributed by atoms with Gasteiger partial charge < -0.3 is 10.1 Å². The molecule has 1 heterocycles. The van der Waals surface area contributed by atoms with Crippen molar-refractivity contribution in [2.45, 2.75) is 43.7 Å². The molecule has 0 aliphatic carbocycles. The molecule has 0 unspecified atom stereocenters. The predicted octanol–water partition coefficient (Wildman–Crippen LogP) is 3.02. The average Bonchev–Trinajstić information content (AvgIpc) is 2.60. The molecule has 7 heteroatoms. The first-order valence-corrected chi connectivity index (χ1v) is 10.3. The molecule has 0 fully saturated rings. The SMILES string of the molecule is CC(C)(C)NS(=O)(=O)c1cccc(C(=O)N[C@@H]2CCOc3ccccc32)c1. The van der Waals surface area contributed by atoms with Crippen molar-refractivity contribution in [2.24, 2.45) is 0 Å². The van der Waals surface area contributed by atoms with Crippen LogP contribution in [0.5, 0.6) is 5.75 Å². The fourth-order valence-corrected chi connectivity index (χ4v) is 4.46. The van der Waals surface area contributed by atoms with Crippen molar-refractivity contribution in [1.29, 1.82) is 0 Å². The molecule has 3 rings (SSSR count). The number of hydrogen-bond donors (Lipinski definition) is 2. The van der Waals surface area contributed by atoms with E-state index in [1.165, 1.54) is 12.1 Å². The topological polar surface area (TPSA) is 84.5 Å². The highest BCUT2D eigenvalue weighted by Crippen LogP contribution is 2.31. The summed E-state index contributed by atoms with van der Waals surface area (Å²) in [4.78, 5) is 12.8. The number of rotatable bonds is 4. The van der Waals surface area contributed by atoms with Gasteiger partial charge >= 0.3 is 0 Å². The Morgan fingerprint density at radius 2 is 1.85 bits per heavy atom. The van der Waals surface area contributed by atoms with Crippen LogP contribution in [0.25, 0.3) is 0 Å². The van der Waals surface area contributed by atoms with Crippen molar-refractivity contribution < 1.29 is 17.9 Å². The Labute approximate surface area is 160 Å². The van der Waals surface area contributed by atoms with Gasteiger partial charge in [0.1, 0.15) is 5.75 Å². The lowest BCUT2D eigenvalue weighted by molar-refractivity contribution is 0.0924. The fraction of sp³-hybridized carbons (Fsp3) is 0.350. The van der Waals surface area contributed by atoms with E-state index in [1.807, 2.05) is 24.3 Å². The van der Waals surface area contributed by atoms with Crippen LogP contribution in [-0.2, 0) is 10.0 Å². The maximum absolute atomic E-state index is 12.7. The van der Waals surface area contributed by atoms with Crippen LogP contribution in [0.2, 0.25) is 0 Å². The summed E-state index contributed by atoms with van der Waals surface area (Å²) in [6.07, 6.45) is 0.659. The van der Waals surface area contributed by atoms with Crippen molar-refractivity contribution in [1.82, 2.24) is 10.0 Å². The molecule has 1 aliphatic heterocycles. The molecule has 0 bridgehead atoms. The third-order valence-corrected chi connectivity index (χ3v) is 5.87. The second-order valence-electron chi connectivity index (χ2n) is 7.58. The average molecular weight is 388 g/mol. The predicted molar refractivity (Wildman–Crippen MR) is 103 cm³/mol. The number of para-hydroxylation sites is 1. The number of carbonyl (C=O) groups is 1. The first-order chi connectivity index (χ1) is 12.7. The van der Waals surface area contributed by atoms with E-state index >= 15 is 0 Å². The molecule has 1 aliphatic rings. The number of sulfonamides is 1. The number of amides is 1. The molecule has 27 heavy (non-hydrogen) atoms. The number of benzene rings is 2. The minimum absolute atomic E-state index is 0.0671. The molecular weight excluding hydrogens is 364 g/mol. The lowest BCUT2D eigenvalue weighted by Gasteiger charge is -2.26. The summed E-state index contributed by atoms with van der Waals surface area (Å²) in [7, 11) is -3.71. The molecule has 2 N–H and O–H groups in total. The zero-order valence-corrected chi connectivity index (χ0v) is 16.5. The van der Waals surface area contributed by atoms with Crippen LogP contribution in [0.4, 0.5) is 0 Å². The van der Waals surface area contributed by atoms with E-state index in [0.717, 1.165) is 11.3 Å². The van der Waals surface area contributed by atoms with Crippen molar-refractivity contribution in [3.63, 3.8) is 0 Å². The van der Waals surface area contributed by atoms with Gasteiger partial charge in [0.2, 0.25) is 10.0 Å². The lowest BCUT2D eigenvalue weighted by atomic mass is 10.00. The Morgan fingerprint density at radius 1 is 1.11 bits per heavy atom. The second-order valence-corrected chi connectivity index (χ2v) is 9.27. The Bertz CT molecular complexity index is 948. The molecule has 0 radical (unpaired) electrons. The largest absolute Gasteiger partial charge is 0.493 e. The van der Waals surface area contributed by atoms with Crippen molar-refractivity contribution >= 4 is 15.9 Å². The van der Waals surface area contributed by atoms with Gasteiger partial charge in [-0.25, -0.2) is 13.1 Å². The normalized spacial score (nSPS) is 16.9. The Balaban J connectivity index is 1.81. The molecule has 0 saturated heterocycles. The number of hydrogen-bond acceptors (Lipinski definition) is 4. The van der Waals surface area contributed by atoms with Crippen LogP contribution < -0.4 is 14.8 Å². The molecule has 0 spiro atoms. The van der Waals surface area contributed by atoms with Crippen LogP contribution in [0.15, 0.2) is 53.4 Å². The van der Waals surface area contributed by atoms with E-state index < -0.39 is 15.6 Å². The van der Waals surface area contributed by atoms with E-state index in [9.17, 15) is 13.2 Å². The minimum atomic E-state index is -3.71. The number of carbonyl (C=O) groups excluding carboxylic acids is 1. The summed E-state index contributed by atoms with van der Waals surface area (Å²) < 4.78 is 33.2. The summed E-state index contributed by atoms with van der Waals surface area (Å²) in [6.45, 7) is 5.82. The van der Waals surface area contributed by atoms with Crippen molar-refractivity contribution in [2.75, 3.05) is 6.61 Å². The van der Waals surface area contributed by atoms with Crippen LogP contribution >= 0.6 is 0 Å². The van der Waals surface area contributed by atoms with E-state index in [-0.39, 0.29) is 16.8 Å². The maximum Gasteiger partial charge on any atom is 0.251 e. The summed E-state index contributed by atoms with van der Waals surface area (Å²) in [5.74, 6) is 0.448. The van der Waals surface area contributed by atoms with E-state index in [4.69, 9.17) is 4.74 Å². The third kappa shape index (κ3) is 4.67. The summed E-state index contributed by atoms with van der Waals surface area (Å²) >= 11 is 0. The van der Waals surface area contributed by atoms with Gasteiger partial charge in [-0.3, -0.25) is 4.79 Å². The first-order valence-electron chi connectivity index (χ1n) is 8.82. The second kappa shape index (κ2) is 7.32. The lowest BCUT2D eigenvalue weighted by Crippen LogP contribution is -2.40. The molecule has 0 aromatic heterocycles. The van der Waals surface area contributed by atoms with Gasteiger partial charge in [-0.2, -0.15) is 0 Å². The molecule has 0 saturated carbocycles. The van der Waals surface area contributed by atoms with E-state index in [0.29, 0.717) is 18.6 Å². The van der Waals surface area contributed by atoms with Gasteiger partial charge in [0, 0.05) is 23.1 Å². The van der Waals surface area contributed by atoms with E-state index in [1.54, 1.807) is 32.9 Å². The van der Waals surface area contributed by atoms with E-state index in [2.05, 4.69) is 10.0 Å². The van der Waals surface area contributed by atoms with Gasteiger partial charge in [0.15, 0.2) is 0 Å². The summed E-state index contributed by atoms with van der Waals surface area (Å²) in [6, 6.07) is 13.5. The highest BCUT2D eigenvalue weighted by atomic mass is 32.2. The molecule has 2 aromatic rings. The van der Waals surface area contributed by atoms with Gasteiger partial charge in [0.25, 0.3) is 5.91 Å². The molecule has 6 nitrogen and oxygen atoms in total. The Hall–Kier alpha value is -2.38. The van der Waals surface area contributed by atoms with Crippen LogP contribution in [0, 0.1) is 0 Å². The molecule has 1 amide bonds. The first kappa shape index (κ1) is 19.4. The minimum Gasteiger partial charge on any atom is -0.493 e. The summed E-state index contributed by atoms with van der Waals surface area (Å²) in [5.41, 5.74) is 0.620. The highest BCUT2D eigenvalue weighted by molar-refractivity contribution is 7.89. The quantitative estimate of drug-likeness (QED) is 0.843. The molecule has 144 valence electrons. The monoisotopic (exact) mass is 388 g/mol. The molecular formula is C20H24N2O4S. The van der Waals surface area contributed by atoms with Crippen LogP contribution in [-0.4, -0.2) is 26.5 Å². The van der Waals surface area contributed by atoms with Gasteiger partial charge in [-0.1, -0.05) is 24.3 Å². The van der Waals surface area contributed by atoms with Gasteiger partial charge in [-0.15, -0.1) is 0 Å². The van der Waals surface area contributed by atoms with Crippen molar-refractivity contribution in [3.05, 3.63) is 59.7 Å². The van der Waals surface area contributed by atoms with Crippen LogP contribution in [0.1, 0.15) is 49.2 Å².